The molecule has 1 atom stereocenters. The average Bonchev–Trinajstić information content (AvgIpc) is 3.30. The summed E-state index contributed by atoms with van der Waals surface area (Å²) in [5.41, 5.74) is 0. The van der Waals surface area contributed by atoms with Crippen molar-refractivity contribution in [1.82, 2.24) is 0 Å². The molecular weight excluding hydrogens is 789 g/mol. The Morgan fingerprint density at radius 2 is 0.625 bits per heavy atom. The number of esters is 2. The average molecular weight is 900 g/mol. The fourth-order valence-corrected chi connectivity index (χ4v) is 8.58. The minimum atomic E-state index is -0.770. The molecule has 0 amide bonds. The van der Waals surface area contributed by atoms with Gasteiger partial charge in [0, 0.05) is 12.8 Å². The Morgan fingerprint density at radius 1 is 0.359 bits per heavy atom. The van der Waals surface area contributed by atoms with Gasteiger partial charge in [0.15, 0.2) is 6.10 Å². The van der Waals surface area contributed by atoms with Crippen LogP contribution in [0, 0.1) is 0 Å². The van der Waals surface area contributed by atoms with Crippen LogP contribution in [0.2, 0.25) is 0 Å². The molecule has 5 heteroatoms. The van der Waals surface area contributed by atoms with Crippen molar-refractivity contribution in [3.63, 3.8) is 0 Å². The van der Waals surface area contributed by atoms with Gasteiger partial charge in [0.1, 0.15) is 6.61 Å². The third kappa shape index (κ3) is 52.7. The topological polar surface area (TPSA) is 72.8 Å². The number of aliphatic hydroxyl groups excluding tert-OH is 1. The maximum Gasteiger partial charge on any atom is 0.306 e. The molecule has 5 nitrogen and oxygen atoms in total. The van der Waals surface area contributed by atoms with Crippen LogP contribution in [-0.4, -0.2) is 36.4 Å². The molecule has 376 valence electrons. The molecule has 0 aromatic heterocycles. The number of aliphatic hydroxyl groups is 1. The summed E-state index contributed by atoms with van der Waals surface area (Å²) in [5, 5.41) is 9.65. The van der Waals surface area contributed by atoms with Gasteiger partial charge in [-0.25, -0.2) is 0 Å². The van der Waals surface area contributed by atoms with Crippen LogP contribution in [0.4, 0.5) is 0 Å². The largest absolute Gasteiger partial charge is 0.462 e. The van der Waals surface area contributed by atoms with Crippen molar-refractivity contribution >= 4 is 11.9 Å². The molecule has 0 saturated heterocycles. The predicted molar refractivity (Wildman–Crippen MR) is 279 cm³/mol. The maximum absolute atomic E-state index is 12.3. The lowest BCUT2D eigenvalue weighted by molar-refractivity contribution is -0.161. The summed E-state index contributed by atoms with van der Waals surface area (Å²) in [4.78, 5) is 24.5. The zero-order valence-corrected chi connectivity index (χ0v) is 43.1. The van der Waals surface area contributed by atoms with E-state index >= 15 is 0 Å². The fraction of sp³-hybridized carbons (Fsp3) is 0.864. The lowest BCUT2D eigenvalue weighted by Gasteiger charge is -2.15. The van der Waals surface area contributed by atoms with Gasteiger partial charge < -0.3 is 14.6 Å². The Balaban J connectivity index is 3.43. The van der Waals surface area contributed by atoms with E-state index in [1.165, 1.54) is 238 Å². The minimum absolute atomic E-state index is 0.0625. The number of carbonyl (C=O) groups is 2. The molecule has 0 aliphatic carbocycles. The van der Waals surface area contributed by atoms with Crippen molar-refractivity contribution in [2.45, 2.75) is 315 Å². The van der Waals surface area contributed by atoms with E-state index in [9.17, 15) is 14.7 Å². The molecule has 0 aromatic carbocycles. The fourth-order valence-electron chi connectivity index (χ4n) is 8.58. The van der Waals surface area contributed by atoms with E-state index in [2.05, 4.69) is 50.3 Å². The first kappa shape index (κ1) is 62.1. The Morgan fingerprint density at radius 3 is 0.938 bits per heavy atom. The molecule has 0 aromatic rings. The summed E-state index contributed by atoms with van der Waals surface area (Å²) in [6.45, 7) is 4.16. The molecule has 0 aliphatic heterocycles. The van der Waals surface area contributed by atoms with Crippen LogP contribution >= 0.6 is 0 Å². The van der Waals surface area contributed by atoms with Gasteiger partial charge in [0.25, 0.3) is 0 Å². The van der Waals surface area contributed by atoms with Crippen LogP contribution in [0.25, 0.3) is 0 Å². The molecule has 0 spiro atoms. The van der Waals surface area contributed by atoms with Gasteiger partial charge in [-0.1, -0.05) is 262 Å². The molecule has 1 N–H and O–H groups in total. The van der Waals surface area contributed by atoms with Crippen LogP contribution in [0.5, 0.6) is 0 Å². The van der Waals surface area contributed by atoms with Crippen molar-refractivity contribution in [2.24, 2.45) is 0 Å². The number of unbranched alkanes of at least 4 members (excludes halogenated alkanes) is 39. The summed E-state index contributed by atoms with van der Waals surface area (Å²) in [6, 6.07) is 0. The van der Waals surface area contributed by atoms with Crippen molar-refractivity contribution in [2.75, 3.05) is 13.2 Å². The van der Waals surface area contributed by atoms with Gasteiger partial charge in [-0.3, -0.25) is 9.59 Å². The highest BCUT2D eigenvalue weighted by molar-refractivity contribution is 5.70. The second-order valence-electron chi connectivity index (χ2n) is 19.4. The predicted octanol–water partition coefficient (Wildman–Crippen LogP) is 19.1. The zero-order valence-electron chi connectivity index (χ0n) is 43.1. The lowest BCUT2D eigenvalue weighted by Crippen LogP contribution is -2.28. The second-order valence-corrected chi connectivity index (χ2v) is 19.4. The van der Waals surface area contributed by atoms with Gasteiger partial charge >= 0.3 is 11.9 Å². The van der Waals surface area contributed by atoms with E-state index in [4.69, 9.17) is 9.47 Å². The third-order valence-corrected chi connectivity index (χ3v) is 12.9. The van der Waals surface area contributed by atoms with Crippen LogP contribution < -0.4 is 0 Å². The standard InChI is InChI=1S/C59H110O5/c1-3-5-7-9-11-13-15-17-19-21-23-24-25-26-27-28-29-30-31-32-33-34-36-38-40-42-44-46-48-50-52-54-59(62)64-57(55-60)56-63-58(61)53-51-49-47-45-43-41-39-37-35-22-20-18-16-14-12-10-8-6-4-2/h15,17-18,20-21,23,57,60H,3-14,16,19,22,24-56H2,1-2H3/b17-15-,20-18-,23-21-. The monoisotopic (exact) mass is 899 g/mol. The van der Waals surface area contributed by atoms with Crippen molar-refractivity contribution < 1.29 is 24.2 Å². The molecule has 0 heterocycles. The van der Waals surface area contributed by atoms with Crippen LogP contribution in [-0.2, 0) is 19.1 Å². The summed E-state index contributed by atoms with van der Waals surface area (Å²) in [6.07, 6.45) is 71.2. The van der Waals surface area contributed by atoms with E-state index in [1.54, 1.807) is 0 Å². The quantitative estimate of drug-likeness (QED) is 0.0374. The van der Waals surface area contributed by atoms with E-state index in [1.807, 2.05) is 0 Å². The molecule has 64 heavy (non-hydrogen) atoms. The number of rotatable bonds is 53. The lowest BCUT2D eigenvalue weighted by atomic mass is 10.0. The SMILES string of the molecule is CCCCCCC/C=C\C/C=C\CCCCCCCCCCCCCCCCCCCCCC(=O)OC(CO)COC(=O)CCCCCCCCCCC/C=C\CCCCCCCC. The zero-order chi connectivity index (χ0) is 46.3. The highest BCUT2D eigenvalue weighted by atomic mass is 16.6. The Hall–Kier alpha value is -1.88. The minimum Gasteiger partial charge on any atom is -0.462 e. The van der Waals surface area contributed by atoms with Gasteiger partial charge in [0.2, 0.25) is 0 Å². The van der Waals surface area contributed by atoms with Crippen molar-refractivity contribution in [3.05, 3.63) is 36.5 Å². The first-order valence-corrected chi connectivity index (χ1v) is 28.5. The first-order valence-electron chi connectivity index (χ1n) is 28.5. The van der Waals surface area contributed by atoms with Gasteiger partial charge in [-0.2, -0.15) is 0 Å². The molecular formula is C59H110O5. The van der Waals surface area contributed by atoms with E-state index in [-0.39, 0.29) is 25.2 Å². The summed E-state index contributed by atoms with van der Waals surface area (Å²) >= 11 is 0. The molecule has 0 radical (unpaired) electrons. The summed E-state index contributed by atoms with van der Waals surface area (Å²) in [7, 11) is 0. The molecule has 1 unspecified atom stereocenters. The number of hydrogen-bond donors (Lipinski definition) is 1. The van der Waals surface area contributed by atoms with E-state index < -0.39 is 6.10 Å². The highest BCUT2D eigenvalue weighted by Gasteiger charge is 2.16. The van der Waals surface area contributed by atoms with Crippen LogP contribution in [0.1, 0.15) is 309 Å². The second kappa shape index (κ2) is 55.4. The Labute approximate surface area is 399 Å². The number of hydrogen-bond acceptors (Lipinski definition) is 5. The summed E-state index contributed by atoms with van der Waals surface area (Å²) < 4.78 is 10.7. The maximum atomic E-state index is 12.3. The molecule has 0 aliphatic rings. The van der Waals surface area contributed by atoms with Crippen LogP contribution in [0.3, 0.4) is 0 Å². The van der Waals surface area contributed by atoms with Crippen molar-refractivity contribution in [3.8, 4) is 0 Å². The van der Waals surface area contributed by atoms with Gasteiger partial charge in [-0.05, 0) is 70.6 Å². The number of allylic oxidation sites excluding steroid dienone is 6. The third-order valence-electron chi connectivity index (χ3n) is 12.9. The Bertz CT molecular complexity index is 1020. The highest BCUT2D eigenvalue weighted by Crippen LogP contribution is 2.17. The molecule has 0 fully saturated rings. The van der Waals surface area contributed by atoms with Crippen molar-refractivity contribution in [1.29, 1.82) is 0 Å². The number of carbonyl (C=O) groups excluding carboxylic acids is 2. The number of ether oxygens (including phenoxy) is 2. The first-order chi connectivity index (χ1) is 31.6. The van der Waals surface area contributed by atoms with Gasteiger partial charge in [0.05, 0.1) is 6.61 Å². The van der Waals surface area contributed by atoms with Gasteiger partial charge in [-0.15, -0.1) is 0 Å². The normalized spacial score (nSPS) is 12.4. The van der Waals surface area contributed by atoms with E-state index in [0.29, 0.717) is 12.8 Å². The summed E-state index contributed by atoms with van der Waals surface area (Å²) in [5.74, 6) is -0.577. The molecule has 0 rings (SSSR count). The Kier molecular flexibility index (Phi) is 53.8. The molecule has 0 bridgehead atoms. The van der Waals surface area contributed by atoms with Crippen LogP contribution in [0.15, 0.2) is 36.5 Å². The molecule has 0 saturated carbocycles. The smallest absolute Gasteiger partial charge is 0.306 e. The van der Waals surface area contributed by atoms with E-state index in [0.717, 1.165) is 44.9 Å².